The fraction of sp³-hybridized carbons (Fsp3) is 0.286. The highest BCUT2D eigenvalue weighted by Gasteiger charge is 2.13. The molecule has 0 aliphatic carbocycles. The van der Waals surface area contributed by atoms with Crippen molar-refractivity contribution in [2.45, 2.75) is 25.9 Å². The Morgan fingerprint density at radius 3 is 2.88 bits per heavy atom. The summed E-state index contributed by atoms with van der Waals surface area (Å²) in [6, 6.07) is 4.86. The van der Waals surface area contributed by atoms with Gasteiger partial charge in [0.1, 0.15) is 23.3 Å². The molecule has 1 aromatic carbocycles. The first-order valence-corrected chi connectivity index (χ1v) is 5.66. The molecule has 0 fully saturated rings. The highest BCUT2D eigenvalue weighted by molar-refractivity contribution is 5.79. The van der Waals surface area contributed by atoms with E-state index >= 15 is 0 Å². The number of hydrogen-bond donors (Lipinski definition) is 1. The van der Waals surface area contributed by atoms with Crippen molar-refractivity contribution in [3.05, 3.63) is 48.0 Å². The molecule has 0 unspecified atom stereocenters. The Kier molecular flexibility index (Phi) is 3.29. The van der Waals surface area contributed by atoms with E-state index in [1.807, 2.05) is 6.92 Å². The van der Waals surface area contributed by atoms with Crippen LogP contribution in [0.4, 0.5) is 4.39 Å². The molecular formula is C14H15FO2. The maximum Gasteiger partial charge on any atom is 0.137 e. The number of allylic oxidation sites excluding steroid dienone is 1. The summed E-state index contributed by atoms with van der Waals surface area (Å²) in [5.74, 6) is 0.182. The predicted molar refractivity (Wildman–Crippen MR) is 65.3 cm³/mol. The number of aliphatic hydroxyl groups is 1. The quantitative estimate of drug-likeness (QED) is 0.817. The van der Waals surface area contributed by atoms with Crippen LogP contribution in [0.1, 0.15) is 30.8 Å². The standard InChI is InChI=1S/C14H15FO2/c1-3-5-9-6-10-7-14(12(16)4-2)17-13(10)8-11(9)15/h3,6-8,12,16H,1,4-5H2,2H3/t12-/m0/s1. The first kappa shape index (κ1) is 11.9. The van der Waals surface area contributed by atoms with E-state index in [2.05, 4.69) is 6.58 Å². The predicted octanol–water partition coefficient (Wildman–Crippen LogP) is 3.74. The van der Waals surface area contributed by atoms with Gasteiger partial charge in [-0.2, -0.15) is 0 Å². The lowest BCUT2D eigenvalue weighted by Gasteiger charge is -2.01. The molecule has 0 amide bonds. The minimum Gasteiger partial charge on any atom is -0.458 e. The van der Waals surface area contributed by atoms with Gasteiger partial charge < -0.3 is 9.52 Å². The lowest BCUT2D eigenvalue weighted by molar-refractivity contribution is 0.148. The van der Waals surface area contributed by atoms with Gasteiger partial charge in [0, 0.05) is 11.5 Å². The van der Waals surface area contributed by atoms with Crippen LogP contribution in [0.3, 0.4) is 0 Å². The lowest BCUT2D eigenvalue weighted by Crippen LogP contribution is -1.90. The van der Waals surface area contributed by atoms with Crippen LogP contribution >= 0.6 is 0 Å². The summed E-state index contributed by atoms with van der Waals surface area (Å²) >= 11 is 0. The first-order valence-electron chi connectivity index (χ1n) is 5.66. The monoisotopic (exact) mass is 234 g/mol. The van der Waals surface area contributed by atoms with Crippen LogP contribution < -0.4 is 0 Å². The molecule has 0 aliphatic rings. The molecular weight excluding hydrogens is 219 g/mol. The fourth-order valence-corrected chi connectivity index (χ4v) is 1.81. The molecule has 0 saturated heterocycles. The van der Waals surface area contributed by atoms with Crippen molar-refractivity contribution in [2.75, 3.05) is 0 Å². The average Bonchev–Trinajstić information content (AvgIpc) is 2.71. The highest BCUT2D eigenvalue weighted by Crippen LogP contribution is 2.27. The van der Waals surface area contributed by atoms with Gasteiger partial charge in [-0.15, -0.1) is 6.58 Å². The molecule has 17 heavy (non-hydrogen) atoms. The van der Waals surface area contributed by atoms with Gasteiger partial charge in [-0.25, -0.2) is 4.39 Å². The largest absolute Gasteiger partial charge is 0.458 e. The van der Waals surface area contributed by atoms with Crippen molar-refractivity contribution >= 4 is 11.0 Å². The zero-order valence-corrected chi connectivity index (χ0v) is 9.74. The van der Waals surface area contributed by atoms with Crippen molar-refractivity contribution in [3.8, 4) is 0 Å². The highest BCUT2D eigenvalue weighted by atomic mass is 19.1. The van der Waals surface area contributed by atoms with Gasteiger partial charge in [0.2, 0.25) is 0 Å². The number of furan rings is 1. The SMILES string of the molecule is C=CCc1cc2cc([C@@H](O)CC)oc2cc1F. The third-order valence-electron chi connectivity index (χ3n) is 2.78. The molecule has 90 valence electrons. The Balaban J connectivity index is 2.50. The number of aliphatic hydroxyl groups excluding tert-OH is 1. The third kappa shape index (κ3) is 2.24. The van der Waals surface area contributed by atoms with E-state index in [9.17, 15) is 9.50 Å². The van der Waals surface area contributed by atoms with Crippen LogP contribution in [0.15, 0.2) is 35.3 Å². The topological polar surface area (TPSA) is 33.4 Å². The zero-order valence-electron chi connectivity index (χ0n) is 9.74. The van der Waals surface area contributed by atoms with E-state index in [0.717, 1.165) is 5.39 Å². The Bertz CT molecular complexity index is 542. The molecule has 0 radical (unpaired) electrons. The molecule has 1 atom stereocenters. The van der Waals surface area contributed by atoms with E-state index in [4.69, 9.17) is 4.42 Å². The zero-order chi connectivity index (χ0) is 12.4. The van der Waals surface area contributed by atoms with Crippen molar-refractivity contribution in [3.63, 3.8) is 0 Å². The summed E-state index contributed by atoms with van der Waals surface area (Å²) in [5, 5.41) is 10.5. The molecule has 2 nitrogen and oxygen atoms in total. The number of fused-ring (bicyclic) bond motifs is 1. The van der Waals surface area contributed by atoms with Crippen LogP contribution in [-0.4, -0.2) is 5.11 Å². The molecule has 1 N–H and O–H groups in total. The molecule has 0 spiro atoms. The Morgan fingerprint density at radius 1 is 1.47 bits per heavy atom. The van der Waals surface area contributed by atoms with Crippen LogP contribution in [0.25, 0.3) is 11.0 Å². The molecule has 0 aliphatic heterocycles. The van der Waals surface area contributed by atoms with E-state index < -0.39 is 6.10 Å². The molecule has 0 bridgehead atoms. The molecule has 1 heterocycles. The minimum atomic E-state index is -0.631. The summed E-state index contributed by atoms with van der Waals surface area (Å²) in [4.78, 5) is 0. The Morgan fingerprint density at radius 2 is 2.24 bits per heavy atom. The fourth-order valence-electron chi connectivity index (χ4n) is 1.81. The number of rotatable bonds is 4. The Labute approximate surface area is 99.4 Å². The van der Waals surface area contributed by atoms with Gasteiger partial charge in [0.25, 0.3) is 0 Å². The molecule has 2 rings (SSSR count). The van der Waals surface area contributed by atoms with Crippen LogP contribution in [-0.2, 0) is 6.42 Å². The summed E-state index contributed by atoms with van der Waals surface area (Å²) in [5.41, 5.74) is 1.06. The maximum atomic E-state index is 13.6. The summed E-state index contributed by atoms with van der Waals surface area (Å²) < 4.78 is 19.0. The second-order valence-electron chi connectivity index (χ2n) is 4.05. The van der Waals surface area contributed by atoms with Crippen molar-refractivity contribution < 1.29 is 13.9 Å². The van der Waals surface area contributed by atoms with Gasteiger partial charge in [-0.05, 0) is 30.5 Å². The second kappa shape index (κ2) is 4.72. The summed E-state index contributed by atoms with van der Waals surface area (Å²) in [6.45, 7) is 5.46. The van der Waals surface area contributed by atoms with Crippen LogP contribution in [0, 0.1) is 5.82 Å². The Hall–Kier alpha value is -1.61. The van der Waals surface area contributed by atoms with E-state index in [-0.39, 0.29) is 5.82 Å². The molecule has 1 aromatic heterocycles. The van der Waals surface area contributed by atoms with E-state index in [1.54, 1.807) is 18.2 Å². The van der Waals surface area contributed by atoms with Gasteiger partial charge in [0.05, 0.1) is 0 Å². The number of benzene rings is 1. The first-order chi connectivity index (χ1) is 8.15. The van der Waals surface area contributed by atoms with E-state index in [0.29, 0.717) is 29.7 Å². The van der Waals surface area contributed by atoms with Crippen molar-refractivity contribution in [1.29, 1.82) is 0 Å². The van der Waals surface area contributed by atoms with Crippen LogP contribution in [0.5, 0.6) is 0 Å². The molecule has 3 heteroatoms. The van der Waals surface area contributed by atoms with Gasteiger partial charge in [0.15, 0.2) is 0 Å². The van der Waals surface area contributed by atoms with Crippen LogP contribution in [0.2, 0.25) is 0 Å². The van der Waals surface area contributed by atoms with Crippen molar-refractivity contribution in [2.24, 2.45) is 0 Å². The van der Waals surface area contributed by atoms with E-state index in [1.165, 1.54) is 6.07 Å². The summed E-state index contributed by atoms with van der Waals surface area (Å²) in [7, 11) is 0. The van der Waals surface area contributed by atoms with Gasteiger partial charge in [-0.3, -0.25) is 0 Å². The molecule has 0 saturated carbocycles. The third-order valence-corrected chi connectivity index (χ3v) is 2.78. The number of halogens is 1. The lowest BCUT2D eigenvalue weighted by atomic mass is 10.1. The number of hydrogen-bond acceptors (Lipinski definition) is 2. The minimum absolute atomic E-state index is 0.302. The second-order valence-corrected chi connectivity index (χ2v) is 4.05. The average molecular weight is 234 g/mol. The summed E-state index contributed by atoms with van der Waals surface area (Å²) in [6.07, 6.45) is 2.08. The van der Waals surface area contributed by atoms with Gasteiger partial charge >= 0.3 is 0 Å². The maximum absolute atomic E-state index is 13.6. The molecule has 2 aromatic rings. The smallest absolute Gasteiger partial charge is 0.137 e. The van der Waals surface area contributed by atoms with Crippen molar-refractivity contribution in [1.82, 2.24) is 0 Å². The normalized spacial score (nSPS) is 12.9. The van der Waals surface area contributed by atoms with Gasteiger partial charge in [-0.1, -0.05) is 13.0 Å².